The third-order valence-electron chi connectivity index (χ3n) is 8.43. The van der Waals surface area contributed by atoms with Crippen molar-refractivity contribution in [3.05, 3.63) is 65.7 Å². The Balaban J connectivity index is 1.26. The first-order valence-electron chi connectivity index (χ1n) is 13.5. The molecule has 2 atom stereocenters. The van der Waals surface area contributed by atoms with Crippen molar-refractivity contribution in [1.29, 1.82) is 0 Å². The van der Waals surface area contributed by atoms with Crippen molar-refractivity contribution in [3.63, 3.8) is 0 Å². The van der Waals surface area contributed by atoms with Gasteiger partial charge in [-0.2, -0.15) is 0 Å². The molecule has 2 saturated heterocycles. The largest absolute Gasteiger partial charge is 0.486 e. The minimum absolute atomic E-state index is 0.0347. The molecule has 2 aromatic carbocycles. The van der Waals surface area contributed by atoms with Crippen molar-refractivity contribution in [2.24, 2.45) is 0 Å². The zero-order valence-corrected chi connectivity index (χ0v) is 23.1. The van der Waals surface area contributed by atoms with Crippen molar-refractivity contribution >= 4 is 15.9 Å². The van der Waals surface area contributed by atoms with Crippen LogP contribution in [-0.4, -0.2) is 82.2 Å². The predicted octanol–water partition coefficient (Wildman–Crippen LogP) is 3.35. The van der Waals surface area contributed by atoms with E-state index in [0.29, 0.717) is 50.5 Å². The molecule has 0 N–H and O–H groups in total. The summed E-state index contributed by atoms with van der Waals surface area (Å²) in [6.07, 6.45) is 3.57. The molecule has 9 heteroatoms. The molecule has 0 aromatic heterocycles. The minimum Gasteiger partial charge on any atom is -0.486 e. The summed E-state index contributed by atoms with van der Waals surface area (Å²) in [6, 6.07) is 17.2. The van der Waals surface area contributed by atoms with Gasteiger partial charge in [-0.25, -0.2) is 12.7 Å². The topological polar surface area (TPSA) is 85.4 Å². The average molecular weight is 543 g/mol. The smallest absolute Gasteiger partial charge is 0.233 e. The molecule has 2 aliphatic heterocycles. The van der Waals surface area contributed by atoms with E-state index in [1.165, 1.54) is 4.31 Å². The fourth-order valence-corrected chi connectivity index (χ4v) is 7.41. The summed E-state index contributed by atoms with van der Waals surface area (Å²) < 4.78 is 45.1. The second kappa shape index (κ2) is 11.3. The third kappa shape index (κ3) is 5.47. The molecule has 8 nitrogen and oxygen atoms in total. The van der Waals surface area contributed by atoms with Crippen LogP contribution in [0.25, 0.3) is 0 Å². The number of nitrogens with zero attached hydrogens (tertiary/aromatic N) is 2. The number of benzene rings is 2. The highest BCUT2D eigenvalue weighted by molar-refractivity contribution is 7.88. The van der Waals surface area contributed by atoms with E-state index in [9.17, 15) is 13.2 Å². The van der Waals surface area contributed by atoms with Crippen LogP contribution < -0.4 is 4.74 Å². The van der Waals surface area contributed by atoms with Gasteiger partial charge in [0.2, 0.25) is 15.9 Å². The van der Waals surface area contributed by atoms with Gasteiger partial charge in [0.1, 0.15) is 18.0 Å². The highest BCUT2D eigenvalue weighted by atomic mass is 32.2. The van der Waals surface area contributed by atoms with Gasteiger partial charge in [-0.05, 0) is 48.9 Å². The minimum atomic E-state index is -3.49. The van der Waals surface area contributed by atoms with Crippen LogP contribution in [0.5, 0.6) is 5.75 Å². The maximum Gasteiger partial charge on any atom is 0.233 e. The van der Waals surface area contributed by atoms with Gasteiger partial charge in [0.05, 0.1) is 24.3 Å². The van der Waals surface area contributed by atoms with E-state index in [-0.39, 0.29) is 29.9 Å². The average Bonchev–Trinajstić information content (AvgIpc) is 3.31. The number of rotatable bonds is 9. The predicted molar refractivity (Wildman–Crippen MR) is 144 cm³/mol. The maximum absolute atomic E-state index is 13.8. The summed E-state index contributed by atoms with van der Waals surface area (Å²) in [5.74, 6) is 0.619. The molecule has 5 rings (SSSR count). The fraction of sp³-hybridized carbons (Fsp3) is 0.552. The number of carbonyl (C=O) groups is 1. The number of carbonyl (C=O) groups excluding carboxylic acids is 1. The Morgan fingerprint density at radius 3 is 2.42 bits per heavy atom. The van der Waals surface area contributed by atoms with Gasteiger partial charge in [0.15, 0.2) is 0 Å². The molecule has 3 aliphatic rings. The lowest BCUT2D eigenvalue weighted by molar-refractivity contribution is -0.140. The number of methoxy groups -OCH3 is 1. The van der Waals surface area contributed by atoms with Crippen molar-refractivity contribution in [1.82, 2.24) is 9.21 Å². The van der Waals surface area contributed by atoms with Crippen molar-refractivity contribution < 1.29 is 27.4 Å². The molecular weight excluding hydrogens is 504 g/mol. The van der Waals surface area contributed by atoms with Crippen LogP contribution in [0.15, 0.2) is 54.6 Å². The summed E-state index contributed by atoms with van der Waals surface area (Å²) in [6.45, 7) is 2.07. The summed E-state index contributed by atoms with van der Waals surface area (Å²) in [4.78, 5) is 15.6. The molecule has 2 unspecified atom stereocenters. The zero-order valence-electron chi connectivity index (χ0n) is 22.3. The first-order chi connectivity index (χ1) is 18.3. The van der Waals surface area contributed by atoms with Crippen LogP contribution >= 0.6 is 0 Å². The lowest BCUT2D eigenvalue weighted by Crippen LogP contribution is -2.50. The molecule has 1 saturated carbocycles. The van der Waals surface area contributed by atoms with Crippen LogP contribution in [-0.2, 0) is 35.5 Å². The van der Waals surface area contributed by atoms with Crippen LogP contribution in [0, 0.1) is 0 Å². The summed E-state index contributed by atoms with van der Waals surface area (Å²) in [5.41, 5.74) is 1.28. The molecule has 2 heterocycles. The van der Waals surface area contributed by atoms with Crippen molar-refractivity contribution in [3.8, 4) is 5.75 Å². The Kier molecular flexibility index (Phi) is 8.09. The van der Waals surface area contributed by atoms with Crippen LogP contribution in [0.1, 0.15) is 43.2 Å². The molecule has 206 valence electrons. The Bertz CT molecular complexity index is 1210. The van der Waals surface area contributed by atoms with E-state index in [2.05, 4.69) is 0 Å². The molecule has 3 fully saturated rings. The van der Waals surface area contributed by atoms with E-state index >= 15 is 0 Å². The summed E-state index contributed by atoms with van der Waals surface area (Å²) >= 11 is 0. The summed E-state index contributed by atoms with van der Waals surface area (Å²) in [7, 11) is -0.192. The SMILES string of the molecule is COC1CN(C(=O)C2(c3ccccc3)CCC2)CC1Oc1cccc(CS(=O)(=O)N(C)C2CCOCC2)c1. The summed E-state index contributed by atoms with van der Waals surface area (Å²) in [5, 5.41) is 0. The first kappa shape index (κ1) is 27.1. The quantitative estimate of drug-likeness (QED) is 0.483. The lowest BCUT2D eigenvalue weighted by atomic mass is 9.63. The number of likely N-dealkylation sites (tertiary alicyclic amines) is 1. The monoisotopic (exact) mass is 542 g/mol. The van der Waals surface area contributed by atoms with Crippen LogP contribution in [0.3, 0.4) is 0 Å². The van der Waals surface area contributed by atoms with Gasteiger partial charge in [-0.3, -0.25) is 4.79 Å². The number of hydrogen-bond donors (Lipinski definition) is 0. The van der Waals surface area contributed by atoms with Gasteiger partial charge in [-0.15, -0.1) is 0 Å². The number of hydrogen-bond acceptors (Lipinski definition) is 6. The van der Waals surface area contributed by atoms with Crippen molar-refractivity contribution in [2.45, 2.75) is 61.5 Å². The highest BCUT2D eigenvalue weighted by Crippen LogP contribution is 2.45. The Hall–Kier alpha value is -2.46. The standard InChI is InChI=1S/C29H38N2O6S/c1-30(24-12-16-36-17-13-24)38(33,34)21-22-8-6-11-25(18-22)37-27-20-31(19-26(27)35-2)28(32)29(14-7-15-29)23-9-4-3-5-10-23/h3-6,8-11,18,24,26-27H,7,12-17,19-21H2,1-2H3. The first-order valence-corrected chi connectivity index (χ1v) is 15.1. The molecule has 1 amide bonds. The maximum atomic E-state index is 13.8. The van der Waals surface area contributed by atoms with Crippen LogP contribution in [0.2, 0.25) is 0 Å². The second-order valence-electron chi connectivity index (χ2n) is 10.7. The Labute approximate surface area is 225 Å². The molecule has 38 heavy (non-hydrogen) atoms. The number of amides is 1. The lowest BCUT2D eigenvalue weighted by Gasteiger charge is -2.43. The van der Waals surface area contributed by atoms with Gasteiger partial charge >= 0.3 is 0 Å². The normalized spacial score (nSPS) is 23.8. The van der Waals surface area contributed by atoms with Gasteiger partial charge < -0.3 is 19.1 Å². The van der Waals surface area contributed by atoms with Crippen molar-refractivity contribution in [2.75, 3.05) is 40.5 Å². The van der Waals surface area contributed by atoms with Gasteiger partial charge in [-0.1, -0.05) is 48.9 Å². The van der Waals surface area contributed by atoms with Crippen LogP contribution in [0.4, 0.5) is 0 Å². The Morgan fingerprint density at radius 2 is 1.76 bits per heavy atom. The van der Waals surface area contributed by atoms with E-state index in [0.717, 1.165) is 24.8 Å². The highest BCUT2D eigenvalue weighted by Gasteiger charge is 2.50. The number of sulfonamides is 1. The molecule has 2 aromatic rings. The molecule has 0 bridgehead atoms. The fourth-order valence-electron chi connectivity index (χ4n) is 5.94. The molecular formula is C29H38N2O6S. The number of ether oxygens (including phenoxy) is 3. The van der Waals surface area contributed by atoms with E-state index in [1.807, 2.05) is 47.4 Å². The zero-order chi connectivity index (χ0) is 26.8. The van der Waals surface area contributed by atoms with Gasteiger partial charge in [0.25, 0.3) is 0 Å². The Morgan fingerprint density at radius 1 is 1.05 bits per heavy atom. The third-order valence-corrected chi connectivity index (χ3v) is 10.3. The van der Waals surface area contributed by atoms with Gasteiger partial charge in [0, 0.05) is 33.4 Å². The molecule has 1 aliphatic carbocycles. The second-order valence-corrected chi connectivity index (χ2v) is 12.7. The van der Waals surface area contributed by atoms with E-state index in [4.69, 9.17) is 14.2 Å². The van der Waals surface area contributed by atoms with E-state index in [1.54, 1.807) is 26.3 Å². The molecule has 0 radical (unpaired) electrons. The molecule has 0 spiro atoms. The van der Waals surface area contributed by atoms with E-state index < -0.39 is 15.4 Å².